The molecule has 15 heavy (non-hydrogen) atoms. The van der Waals surface area contributed by atoms with Crippen LogP contribution < -0.4 is 5.56 Å². The van der Waals surface area contributed by atoms with Crippen LogP contribution in [0.25, 0.3) is 11.4 Å². The summed E-state index contributed by atoms with van der Waals surface area (Å²) < 4.78 is 1.51. The van der Waals surface area contributed by atoms with Gasteiger partial charge in [0.15, 0.2) is 5.82 Å². The maximum absolute atomic E-state index is 11.4. The van der Waals surface area contributed by atoms with Crippen LogP contribution in [0.4, 0.5) is 0 Å². The molecule has 0 bridgehead atoms. The van der Waals surface area contributed by atoms with E-state index >= 15 is 0 Å². The Hall–Kier alpha value is -1.91. The molecule has 0 aliphatic rings. The zero-order valence-electron chi connectivity index (χ0n) is 8.69. The molecule has 0 saturated carbocycles. The molecule has 5 heteroatoms. The van der Waals surface area contributed by atoms with Crippen LogP contribution in [-0.2, 0) is 13.5 Å². The van der Waals surface area contributed by atoms with E-state index in [1.165, 1.54) is 10.6 Å². The van der Waals surface area contributed by atoms with Gasteiger partial charge in [-0.2, -0.15) is 5.10 Å². The van der Waals surface area contributed by atoms with Crippen LogP contribution in [0.1, 0.15) is 12.7 Å². The van der Waals surface area contributed by atoms with Crippen LogP contribution in [0.2, 0.25) is 0 Å². The lowest BCUT2D eigenvalue weighted by molar-refractivity contribution is 0.860. The zero-order chi connectivity index (χ0) is 10.8. The van der Waals surface area contributed by atoms with E-state index in [0.29, 0.717) is 5.82 Å². The van der Waals surface area contributed by atoms with Crippen LogP contribution in [0.15, 0.2) is 23.1 Å². The fraction of sp³-hybridized carbons (Fsp3) is 0.300. The van der Waals surface area contributed by atoms with E-state index < -0.39 is 0 Å². The molecule has 0 atom stereocenters. The van der Waals surface area contributed by atoms with Gasteiger partial charge in [0.25, 0.3) is 5.56 Å². The highest BCUT2D eigenvalue weighted by Gasteiger charge is 2.05. The second kappa shape index (κ2) is 3.68. The van der Waals surface area contributed by atoms with Crippen LogP contribution in [-0.4, -0.2) is 19.7 Å². The third-order valence-electron chi connectivity index (χ3n) is 2.23. The predicted octanol–water partition coefficient (Wildman–Crippen LogP) is 0.733. The minimum Gasteiger partial charge on any atom is -0.319 e. The van der Waals surface area contributed by atoms with E-state index in [1.54, 1.807) is 13.2 Å². The van der Waals surface area contributed by atoms with Crippen molar-refractivity contribution in [1.29, 1.82) is 0 Å². The fourth-order valence-corrected chi connectivity index (χ4v) is 1.27. The largest absolute Gasteiger partial charge is 0.319 e. The van der Waals surface area contributed by atoms with Crippen molar-refractivity contribution in [1.82, 2.24) is 19.7 Å². The number of nitrogens with one attached hydrogen (secondary N) is 1. The maximum Gasteiger partial charge on any atom is 0.250 e. The summed E-state index contributed by atoms with van der Waals surface area (Å²) in [4.78, 5) is 15.6. The summed E-state index contributed by atoms with van der Waals surface area (Å²) in [5.74, 6) is 1.40. The molecule has 0 aromatic carbocycles. The molecule has 5 nitrogen and oxygen atoms in total. The molecule has 2 aromatic rings. The van der Waals surface area contributed by atoms with Gasteiger partial charge < -0.3 is 4.57 Å². The number of hydrogen-bond acceptors (Lipinski definition) is 3. The average molecular weight is 204 g/mol. The summed E-state index contributed by atoms with van der Waals surface area (Å²) in [5.41, 5.74) is 0.685. The van der Waals surface area contributed by atoms with Gasteiger partial charge in [0.1, 0.15) is 5.82 Å². The Morgan fingerprint density at radius 3 is 2.93 bits per heavy atom. The molecule has 0 aliphatic heterocycles. The van der Waals surface area contributed by atoms with Crippen molar-refractivity contribution in [2.75, 3.05) is 0 Å². The van der Waals surface area contributed by atoms with Crippen molar-refractivity contribution >= 4 is 0 Å². The van der Waals surface area contributed by atoms with E-state index in [0.717, 1.165) is 17.8 Å². The SMILES string of the molecule is CCc1nc(-c2ccn(C)c(=O)c2)n[nH]1. The van der Waals surface area contributed by atoms with Gasteiger partial charge in [0, 0.05) is 31.3 Å². The summed E-state index contributed by atoms with van der Waals surface area (Å²) >= 11 is 0. The monoisotopic (exact) mass is 204 g/mol. The van der Waals surface area contributed by atoms with E-state index in [2.05, 4.69) is 15.2 Å². The number of hydrogen-bond donors (Lipinski definition) is 1. The maximum atomic E-state index is 11.4. The van der Waals surface area contributed by atoms with Crippen molar-refractivity contribution in [3.8, 4) is 11.4 Å². The number of H-pyrrole nitrogens is 1. The summed E-state index contributed by atoms with van der Waals surface area (Å²) in [6.45, 7) is 1.99. The Morgan fingerprint density at radius 1 is 1.53 bits per heavy atom. The first-order chi connectivity index (χ1) is 7.20. The van der Waals surface area contributed by atoms with E-state index in [9.17, 15) is 4.79 Å². The highest BCUT2D eigenvalue weighted by molar-refractivity contribution is 5.53. The van der Waals surface area contributed by atoms with Crippen molar-refractivity contribution in [2.24, 2.45) is 7.05 Å². The highest BCUT2D eigenvalue weighted by atomic mass is 16.1. The fourth-order valence-electron chi connectivity index (χ4n) is 1.27. The topological polar surface area (TPSA) is 63.6 Å². The lowest BCUT2D eigenvalue weighted by atomic mass is 10.2. The molecule has 2 rings (SSSR count). The highest BCUT2D eigenvalue weighted by Crippen LogP contribution is 2.11. The van der Waals surface area contributed by atoms with Crippen molar-refractivity contribution in [3.05, 3.63) is 34.5 Å². The van der Waals surface area contributed by atoms with Gasteiger partial charge in [0.05, 0.1) is 0 Å². The van der Waals surface area contributed by atoms with Crippen LogP contribution in [0.3, 0.4) is 0 Å². The Bertz CT molecular complexity index is 526. The average Bonchev–Trinajstić information content (AvgIpc) is 2.70. The second-order valence-corrected chi connectivity index (χ2v) is 3.32. The minimum absolute atomic E-state index is 0.0599. The van der Waals surface area contributed by atoms with Gasteiger partial charge in [-0.1, -0.05) is 6.92 Å². The number of aryl methyl sites for hydroxylation is 2. The number of rotatable bonds is 2. The summed E-state index contributed by atoms with van der Waals surface area (Å²) in [5, 5.41) is 6.86. The lowest BCUT2D eigenvalue weighted by Gasteiger charge is -1.97. The minimum atomic E-state index is -0.0599. The zero-order valence-corrected chi connectivity index (χ0v) is 8.69. The summed E-state index contributed by atoms with van der Waals surface area (Å²) in [6.07, 6.45) is 2.51. The third kappa shape index (κ3) is 1.81. The molecule has 0 unspecified atom stereocenters. The third-order valence-corrected chi connectivity index (χ3v) is 2.23. The molecule has 0 aliphatic carbocycles. The van der Waals surface area contributed by atoms with Gasteiger partial charge in [-0.25, -0.2) is 4.98 Å². The summed E-state index contributed by atoms with van der Waals surface area (Å²) in [7, 11) is 1.71. The Labute approximate surface area is 86.8 Å². The number of pyridine rings is 1. The Balaban J connectivity index is 2.45. The first-order valence-corrected chi connectivity index (χ1v) is 4.79. The Kier molecular flexibility index (Phi) is 2.37. The van der Waals surface area contributed by atoms with Crippen LogP contribution >= 0.6 is 0 Å². The van der Waals surface area contributed by atoms with Gasteiger partial charge >= 0.3 is 0 Å². The van der Waals surface area contributed by atoms with Crippen molar-refractivity contribution in [2.45, 2.75) is 13.3 Å². The predicted molar refractivity (Wildman–Crippen MR) is 56.4 cm³/mol. The lowest BCUT2D eigenvalue weighted by Crippen LogP contribution is -2.14. The molecule has 0 radical (unpaired) electrons. The normalized spacial score (nSPS) is 10.5. The number of aromatic amines is 1. The van der Waals surface area contributed by atoms with Crippen molar-refractivity contribution in [3.63, 3.8) is 0 Å². The Morgan fingerprint density at radius 2 is 2.33 bits per heavy atom. The van der Waals surface area contributed by atoms with Crippen LogP contribution in [0, 0.1) is 0 Å². The number of nitrogens with zero attached hydrogens (tertiary/aromatic N) is 3. The molecular formula is C10H12N4O. The number of aromatic nitrogens is 4. The molecule has 2 aromatic heterocycles. The molecular weight excluding hydrogens is 192 g/mol. The molecule has 0 spiro atoms. The van der Waals surface area contributed by atoms with Gasteiger partial charge in [0.2, 0.25) is 0 Å². The smallest absolute Gasteiger partial charge is 0.250 e. The van der Waals surface area contributed by atoms with E-state index in [1.807, 2.05) is 13.0 Å². The molecule has 2 heterocycles. The molecule has 78 valence electrons. The molecule has 0 saturated heterocycles. The van der Waals surface area contributed by atoms with Crippen molar-refractivity contribution < 1.29 is 0 Å². The van der Waals surface area contributed by atoms with Crippen LogP contribution in [0.5, 0.6) is 0 Å². The van der Waals surface area contributed by atoms with Gasteiger partial charge in [-0.3, -0.25) is 9.89 Å². The van der Waals surface area contributed by atoms with Gasteiger partial charge in [-0.05, 0) is 6.07 Å². The van der Waals surface area contributed by atoms with E-state index in [4.69, 9.17) is 0 Å². The standard InChI is InChI=1S/C10H12N4O/c1-3-8-11-10(13-12-8)7-4-5-14(2)9(15)6-7/h4-6H,3H2,1-2H3,(H,11,12,13). The molecule has 0 amide bonds. The van der Waals surface area contributed by atoms with E-state index in [-0.39, 0.29) is 5.56 Å². The first-order valence-electron chi connectivity index (χ1n) is 4.79. The van der Waals surface area contributed by atoms with Gasteiger partial charge in [-0.15, -0.1) is 0 Å². The quantitative estimate of drug-likeness (QED) is 0.784. The first kappa shape index (κ1) is 9.64. The second-order valence-electron chi connectivity index (χ2n) is 3.32. The molecule has 1 N–H and O–H groups in total. The molecule has 0 fully saturated rings. The summed E-state index contributed by atoms with van der Waals surface area (Å²) in [6, 6.07) is 3.35.